The first-order valence-electron chi connectivity index (χ1n) is 7.82. The molecule has 0 saturated carbocycles. The lowest BCUT2D eigenvalue weighted by molar-refractivity contribution is -0.120. The van der Waals surface area contributed by atoms with Gasteiger partial charge in [-0.05, 0) is 25.5 Å². The number of nitrogens with zero attached hydrogens (tertiary/aromatic N) is 2. The van der Waals surface area contributed by atoms with Crippen LogP contribution in [0.25, 0.3) is 11.7 Å². The molecule has 2 aromatic rings. The molecule has 1 N–H and O–H groups in total. The molecule has 0 spiro atoms. The maximum absolute atomic E-state index is 12.0. The quantitative estimate of drug-likeness (QED) is 0.775. The van der Waals surface area contributed by atoms with Gasteiger partial charge in [0.2, 0.25) is 5.91 Å². The third kappa shape index (κ3) is 3.76. The van der Waals surface area contributed by atoms with E-state index in [4.69, 9.17) is 13.6 Å². The number of oxazole rings is 1. The Morgan fingerprint density at radius 2 is 2.33 bits per heavy atom. The summed E-state index contributed by atoms with van der Waals surface area (Å²) in [5, 5.41) is 2.82. The van der Waals surface area contributed by atoms with Crippen LogP contribution in [0.5, 0.6) is 0 Å². The Bertz CT molecular complexity index is 707. The number of amides is 2. The normalized spacial score (nSPS) is 14.0. The summed E-state index contributed by atoms with van der Waals surface area (Å²) in [7, 11) is 0. The van der Waals surface area contributed by atoms with E-state index in [1.807, 2.05) is 0 Å². The second kappa shape index (κ2) is 7.20. The maximum Gasteiger partial charge on any atom is 0.409 e. The molecule has 2 amide bonds. The van der Waals surface area contributed by atoms with Gasteiger partial charge in [0.15, 0.2) is 5.76 Å². The molecule has 1 saturated heterocycles. The van der Waals surface area contributed by atoms with Crippen molar-refractivity contribution < 1.29 is 23.2 Å². The Morgan fingerprint density at radius 3 is 3.04 bits per heavy atom. The zero-order valence-corrected chi connectivity index (χ0v) is 13.4. The topological polar surface area (TPSA) is 97.8 Å². The van der Waals surface area contributed by atoms with E-state index in [0.717, 1.165) is 0 Å². The summed E-state index contributed by atoms with van der Waals surface area (Å²) < 4.78 is 15.6. The van der Waals surface area contributed by atoms with E-state index in [1.165, 1.54) is 6.26 Å². The first-order chi connectivity index (χ1) is 11.6. The molecule has 1 aliphatic heterocycles. The largest absolute Gasteiger partial charge is 0.459 e. The van der Waals surface area contributed by atoms with E-state index in [1.54, 1.807) is 24.0 Å². The second-order valence-corrected chi connectivity index (χ2v) is 5.48. The summed E-state index contributed by atoms with van der Waals surface area (Å²) >= 11 is 0. The number of carbonyl (C=O) groups excluding carboxylic acids is 2. The molecule has 0 aromatic carbocycles. The van der Waals surface area contributed by atoms with Crippen molar-refractivity contribution in [2.75, 3.05) is 26.2 Å². The van der Waals surface area contributed by atoms with Gasteiger partial charge in [0.25, 0.3) is 5.89 Å². The summed E-state index contributed by atoms with van der Waals surface area (Å²) in [5.74, 6) is 1.35. The average molecular weight is 333 g/mol. The lowest BCUT2D eigenvalue weighted by Crippen LogP contribution is -2.31. The van der Waals surface area contributed by atoms with Crippen molar-refractivity contribution in [1.82, 2.24) is 15.2 Å². The minimum atomic E-state index is -0.287. The summed E-state index contributed by atoms with van der Waals surface area (Å²) in [5.41, 5.74) is 0.585. The molecule has 128 valence electrons. The Labute approximate surface area is 138 Å². The van der Waals surface area contributed by atoms with Crippen LogP contribution in [0.4, 0.5) is 4.79 Å². The molecule has 24 heavy (non-hydrogen) atoms. The van der Waals surface area contributed by atoms with Gasteiger partial charge >= 0.3 is 6.09 Å². The molecule has 0 unspecified atom stereocenters. The van der Waals surface area contributed by atoms with Gasteiger partial charge in [0.1, 0.15) is 12.4 Å². The van der Waals surface area contributed by atoms with Crippen molar-refractivity contribution in [3.05, 3.63) is 29.9 Å². The van der Waals surface area contributed by atoms with Crippen LogP contribution in [0.3, 0.4) is 0 Å². The molecule has 1 aliphatic rings. The van der Waals surface area contributed by atoms with E-state index >= 15 is 0 Å². The van der Waals surface area contributed by atoms with Gasteiger partial charge in [0.05, 0.1) is 24.9 Å². The summed E-state index contributed by atoms with van der Waals surface area (Å²) in [6, 6.07) is 3.50. The van der Waals surface area contributed by atoms with E-state index in [0.29, 0.717) is 55.8 Å². The van der Waals surface area contributed by atoms with Crippen LogP contribution in [0, 0.1) is 6.92 Å². The molecule has 0 aliphatic carbocycles. The molecule has 3 rings (SSSR count). The van der Waals surface area contributed by atoms with E-state index in [9.17, 15) is 9.59 Å². The Kier molecular flexibility index (Phi) is 4.83. The summed E-state index contributed by atoms with van der Waals surface area (Å²) in [4.78, 5) is 29.2. The van der Waals surface area contributed by atoms with E-state index in [-0.39, 0.29) is 18.4 Å². The van der Waals surface area contributed by atoms with Crippen molar-refractivity contribution in [1.29, 1.82) is 0 Å². The average Bonchev–Trinajstić information content (AvgIpc) is 3.27. The van der Waals surface area contributed by atoms with Gasteiger partial charge in [-0.2, -0.15) is 0 Å². The van der Waals surface area contributed by atoms with Crippen molar-refractivity contribution in [3.63, 3.8) is 0 Å². The Morgan fingerprint density at radius 1 is 1.46 bits per heavy atom. The summed E-state index contributed by atoms with van der Waals surface area (Å²) in [6.45, 7) is 3.88. The predicted octanol–water partition coefficient (Wildman–Crippen LogP) is 1.74. The van der Waals surface area contributed by atoms with Crippen LogP contribution >= 0.6 is 0 Å². The number of furan rings is 1. The second-order valence-electron chi connectivity index (χ2n) is 5.48. The van der Waals surface area contributed by atoms with Gasteiger partial charge < -0.3 is 23.8 Å². The Balaban J connectivity index is 1.44. The number of ether oxygens (including phenoxy) is 1. The smallest absolute Gasteiger partial charge is 0.409 e. The standard InChI is InChI=1S/C16H19N3O5/c1-11-12(18-15(24-11)13-4-2-8-22-13)10-14(20)17-5-3-6-19-7-9-23-16(19)21/h2,4,8H,3,5-7,9-10H2,1H3,(H,17,20). The monoisotopic (exact) mass is 333 g/mol. The predicted molar refractivity (Wildman–Crippen MR) is 83.2 cm³/mol. The van der Waals surface area contributed by atoms with Gasteiger partial charge in [-0.1, -0.05) is 0 Å². The van der Waals surface area contributed by atoms with Gasteiger partial charge in [-0.15, -0.1) is 0 Å². The minimum absolute atomic E-state index is 0.138. The number of hydrogen-bond acceptors (Lipinski definition) is 6. The van der Waals surface area contributed by atoms with Crippen LogP contribution in [0.1, 0.15) is 17.9 Å². The molecular weight excluding hydrogens is 314 g/mol. The fourth-order valence-corrected chi connectivity index (χ4v) is 2.44. The number of aromatic nitrogens is 1. The van der Waals surface area contributed by atoms with Crippen molar-refractivity contribution in [3.8, 4) is 11.7 Å². The number of rotatable bonds is 7. The lowest BCUT2D eigenvalue weighted by Gasteiger charge is -2.12. The minimum Gasteiger partial charge on any atom is -0.459 e. The van der Waals surface area contributed by atoms with E-state index < -0.39 is 0 Å². The molecule has 3 heterocycles. The van der Waals surface area contributed by atoms with Crippen LogP contribution in [0.15, 0.2) is 27.2 Å². The third-order valence-corrected chi connectivity index (χ3v) is 3.72. The zero-order chi connectivity index (χ0) is 16.9. The zero-order valence-electron chi connectivity index (χ0n) is 13.4. The highest BCUT2D eigenvalue weighted by molar-refractivity contribution is 5.78. The van der Waals surface area contributed by atoms with Crippen LogP contribution < -0.4 is 5.32 Å². The van der Waals surface area contributed by atoms with E-state index in [2.05, 4.69) is 10.3 Å². The molecule has 2 aromatic heterocycles. The SMILES string of the molecule is Cc1oc(-c2ccco2)nc1CC(=O)NCCCN1CCOC1=O. The highest BCUT2D eigenvalue weighted by atomic mass is 16.6. The highest BCUT2D eigenvalue weighted by Gasteiger charge is 2.21. The molecule has 0 radical (unpaired) electrons. The van der Waals surface area contributed by atoms with Gasteiger partial charge in [0, 0.05) is 13.1 Å². The summed E-state index contributed by atoms with van der Waals surface area (Å²) in [6.07, 6.45) is 2.07. The fraction of sp³-hybridized carbons (Fsp3) is 0.438. The van der Waals surface area contributed by atoms with Crippen molar-refractivity contribution in [2.24, 2.45) is 0 Å². The van der Waals surface area contributed by atoms with Gasteiger partial charge in [-0.3, -0.25) is 4.79 Å². The van der Waals surface area contributed by atoms with Crippen LogP contribution in [-0.2, 0) is 16.0 Å². The number of nitrogens with one attached hydrogen (secondary N) is 1. The molecular formula is C16H19N3O5. The maximum atomic E-state index is 12.0. The number of aryl methyl sites for hydroxylation is 1. The number of cyclic esters (lactones) is 1. The molecule has 8 nitrogen and oxygen atoms in total. The fourth-order valence-electron chi connectivity index (χ4n) is 2.44. The van der Waals surface area contributed by atoms with Crippen molar-refractivity contribution in [2.45, 2.75) is 19.8 Å². The number of carbonyl (C=O) groups is 2. The number of hydrogen-bond donors (Lipinski definition) is 1. The molecule has 1 fully saturated rings. The molecule has 0 bridgehead atoms. The first-order valence-corrected chi connectivity index (χ1v) is 7.82. The van der Waals surface area contributed by atoms with Crippen molar-refractivity contribution >= 4 is 12.0 Å². The highest BCUT2D eigenvalue weighted by Crippen LogP contribution is 2.22. The van der Waals surface area contributed by atoms with Gasteiger partial charge in [-0.25, -0.2) is 9.78 Å². The van der Waals surface area contributed by atoms with Crippen LogP contribution in [-0.4, -0.2) is 48.1 Å². The lowest BCUT2D eigenvalue weighted by atomic mass is 10.2. The molecule has 8 heteroatoms. The molecule has 0 atom stereocenters. The Hall–Kier alpha value is -2.77. The third-order valence-electron chi connectivity index (χ3n) is 3.72. The first kappa shape index (κ1) is 16.1. The van der Waals surface area contributed by atoms with Crippen LogP contribution in [0.2, 0.25) is 0 Å².